The van der Waals surface area contributed by atoms with Crippen LogP contribution >= 0.6 is 11.6 Å². The van der Waals surface area contributed by atoms with Crippen LogP contribution in [0.25, 0.3) is 0 Å². The van der Waals surface area contributed by atoms with Gasteiger partial charge in [-0.15, -0.1) is 0 Å². The highest BCUT2D eigenvalue weighted by atomic mass is 35.5. The third kappa shape index (κ3) is 3.11. The zero-order valence-electron chi connectivity index (χ0n) is 10.7. The number of nitrogens with two attached hydrogens (primary N) is 1. The zero-order chi connectivity index (χ0) is 13.8. The van der Waals surface area contributed by atoms with Crippen molar-refractivity contribution in [2.45, 2.75) is 13.3 Å². The van der Waals surface area contributed by atoms with Gasteiger partial charge in [0.2, 0.25) is 5.91 Å². The van der Waals surface area contributed by atoms with E-state index in [9.17, 15) is 4.79 Å². The molecule has 19 heavy (non-hydrogen) atoms. The average Bonchev–Trinajstić information content (AvgIpc) is 2.41. The summed E-state index contributed by atoms with van der Waals surface area (Å²) in [7, 11) is 0. The molecule has 0 bridgehead atoms. The van der Waals surface area contributed by atoms with Gasteiger partial charge in [0, 0.05) is 18.7 Å². The maximum atomic E-state index is 12.0. The topological polar surface area (TPSA) is 73.6 Å². The molecule has 1 aromatic carbocycles. The van der Waals surface area contributed by atoms with Gasteiger partial charge in [0.1, 0.15) is 13.2 Å². The second kappa shape index (κ2) is 6.12. The molecule has 0 aromatic heterocycles. The second-order valence-corrected chi connectivity index (χ2v) is 4.71. The smallest absolute Gasteiger partial charge is 0.228 e. The van der Waals surface area contributed by atoms with Crippen LogP contribution in [-0.2, 0) is 4.79 Å². The Morgan fingerprint density at radius 2 is 2.05 bits per heavy atom. The quantitative estimate of drug-likeness (QED) is 0.887. The highest BCUT2D eigenvalue weighted by Gasteiger charge is 2.19. The number of ether oxygens (including phenoxy) is 2. The van der Waals surface area contributed by atoms with Gasteiger partial charge in [-0.2, -0.15) is 0 Å². The van der Waals surface area contributed by atoms with Crippen LogP contribution in [0.2, 0.25) is 5.02 Å². The van der Waals surface area contributed by atoms with Crippen LogP contribution in [0.4, 0.5) is 5.69 Å². The lowest BCUT2D eigenvalue weighted by Gasteiger charge is -2.20. The van der Waals surface area contributed by atoms with Crippen LogP contribution in [-0.4, -0.2) is 25.7 Å². The molecule has 1 amide bonds. The van der Waals surface area contributed by atoms with Gasteiger partial charge in [0.25, 0.3) is 0 Å². The third-order valence-corrected chi connectivity index (χ3v) is 3.35. The molecule has 5 nitrogen and oxygen atoms in total. The molecule has 0 saturated carbocycles. The van der Waals surface area contributed by atoms with Crippen LogP contribution in [0.15, 0.2) is 12.1 Å². The molecule has 1 aliphatic heterocycles. The SMILES string of the molecule is CCC(CN)C(=O)Nc1cc2c(cc1Cl)OCCO2. The summed E-state index contributed by atoms with van der Waals surface area (Å²) in [5, 5.41) is 3.20. The van der Waals surface area contributed by atoms with Crippen molar-refractivity contribution < 1.29 is 14.3 Å². The number of anilines is 1. The van der Waals surface area contributed by atoms with Gasteiger partial charge >= 0.3 is 0 Å². The molecule has 104 valence electrons. The third-order valence-electron chi connectivity index (χ3n) is 3.04. The van der Waals surface area contributed by atoms with E-state index in [1.54, 1.807) is 12.1 Å². The summed E-state index contributed by atoms with van der Waals surface area (Å²) in [5.41, 5.74) is 6.06. The number of nitrogens with one attached hydrogen (secondary N) is 1. The molecular formula is C13H17ClN2O3. The second-order valence-electron chi connectivity index (χ2n) is 4.31. The predicted octanol–water partition coefficient (Wildman–Crippen LogP) is 2.03. The molecule has 1 unspecified atom stereocenters. The van der Waals surface area contributed by atoms with Gasteiger partial charge in [-0.3, -0.25) is 4.79 Å². The molecular weight excluding hydrogens is 268 g/mol. The first kappa shape index (κ1) is 14.0. The van der Waals surface area contributed by atoms with Gasteiger partial charge in [0.05, 0.1) is 16.6 Å². The lowest BCUT2D eigenvalue weighted by atomic mass is 10.1. The van der Waals surface area contributed by atoms with Gasteiger partial charge in [-0.25, -0.2) is 0 Å². The van der Waals surface area contributed by atoms with Gasteiger partial charge in [-0.1, -0.05) is 18.5 Å². The molecule has 0 saturated heterocycles. The Hall–Kier alpha value is -1.46. The first-order valence-electron chi connectivity index (χ1n) is 6.25. The molecule has 0 aliphatic carbocycles. The van der Waals surface area contributed by atoms with E-state index in [1.807, 2.05) is 6.92 Å². The van der Waals surface area contributed by atoms with E-state index in [0.29, 0.717) is 48.4 Å². The van der Waals surface area contributed by atoms with Crippen molar-refractivity contribution in [2.75, 3.05) is 25.1 Å². The summed E-state index contributed by atoms with van der Waals surface area (Å²) in [5.74, 6) is 0.833. The number of hydrogen-bond acceptors (Lipinski definition) is 4. The first-order chi connectivity index (χ1) is 9.15. The Morgan fingerprint density at radius 1 is 1.42 bits per heavy atom. The minimum atomic E-state index is -0.218. The van der Waals surface area contributed by atoms with Crippen LogP contribution in [0.3, 0.4) is 0 Å². The van der Waals surface area contributed by atoms with Crippen molar-refractivity contribution in [1.29, 1.82) is 0 Å². The van der Waals surface area contributed by atoms with E-state index in [4.69, 9.17) is 26.8 Å². The number of benzene rings is 1. The van der Waals surface area contributed by atoms with E-state index in [-0.39, 0.29) is 11.8 Å². The van der Waals surface area contributed by atoms with Crippen molar-refractivity contribution in [3.05, 3.63) is 17.2 Å². The number of hydrogen-bond donors (Lipinski definition) is 2. The lowest BCUT2D eigenvalue weighted by Crippen LogP contribution is -2.28. The monoisotopic (exact) mass is 284 g/mol. The van der Waals surface area contributed by atoms with E-state index in [2.05, 4.69) is 5.32 Å². The maximum Gasteiger partial charge on any atom is 0.228 e. The molecule has 1 heterocycles. The molecule has 1 aliphatic rings. The van der Waals surface area contributed by atoms with Crippen molar-refractivity contribution in [3.8, 4) is 11.5 Å². The average molecular weight is 285 g/mol. The van der Waals surface area contributed by atoms with E-state index in [0.717, 1.165) is 0 Å². The standard InChI is InChI=1S/C13H17ClN2O3/c1-2-8(7-15)13(17)16-10-6-12-11(5-9(10)14)18-3-4-19-12/h5-6,8H,2-4,7,15H2,1H3,(H,16,17). The molecule has 0 fully saturated rings. The van der Waals surface area contributed by atoms with Gasteiger partial charge in [-0.05, 0) is 6.42 Å². The minimum absolute atomic E-state index is 0.136. The summed E-state index contributed by atoms with van der Waals surface area (Å²) in [6, 6.07) is 3.33. The summed E-state index contributed by atoms with van der Waals surface area (Å²) in [6.45, 7) is 3.22. The van der Waals surface area contributed by atoms with Crippen molar-refractivity contribution in [2.24, 2.45) is 11.7 Å². The first-order valence-corrected chi connectivity index (χ1v) is 6.63. The summed E-state index contributed by atoms with van der Waals surface area (Å²) in [4.78, 5) is 12.0. The number of amides is 1. The van der Waals surface area contributed by atoms with Crippen LogP contribution in [0.5, 0.6) is 11.5 Å². The normalized spacial score (nSPS) is 14.9. The van der Waals surface area contributed by atoms with Gasteiger partial charge in [0.15, 0.2) is 11.5 Å². The lowest BCUT2D eigenvalue weighted by molar-refractivity contribution is -0.119. The zero-order valence-corrected chi connectivity index (χ0v) is 11.5. The molecule has 2 rings (SSSR count). The highest BCUT2D eigenvalue weighted by molar-refractivity contribution is 6.34. The van der Waals surface area contributed by atoms with Crippen LogP contribution in [0.1, 0.15) is 13.3 Å². The largest absolute Gasteiger partial charge is 0.486 e. The van der Waals surface area contributed by atoms with Crippen molar-refractivity contribution in [3.63, 3.8) is 0 Å². The van der Waals surface area contributed by atoms with Crippen molar-refractivity contribution >= 4 is 23.2 Å². The Labute approximate surface area is 117 Å². The minimum Gasteiger partial charge on any atom is -0.486 e. The summed E-state index contributed by atoms with van der Waals surface area (Å²) >= 11 is 6.11. The number of carbonyl (C=O) groups is 1. The Balaban J connectivity index is 2.18. The van der Waals surface area contributed by atoms with Crippen LogP contribution in [0, 0.1) is 5.92 Å². The Kier molecular flexibility index (Phi) is 4.50. The summed E-state index contributed by atoms with van der Waals surface area (Å²) < 4.78 is 10.9. The highest BCUT2D eigenvalue weighted by Crippen LogP contribution is 2.38. The number of fused-ring (bicyclic) bond motifs is 1. The number of halogens is 1. The molecule has 0 spiro atoms. The Morgan fingerprint density at radius 3 is 2.63 bits per heavy atom. The fourth-order valence-electron chi connectivity index (χ4n) is 1.85. The fourth-order valence-corrected chi connectivity index (χ4v) is 2.05. The van der Waals surface area contributed by atoms with E-state index < -0.39 is 0 Å². The Bertz CT molecular complexity index is 475. The van der Waals surface area contributed by atoms with E-state index in [1.165, 1.54) is 0 Å². The molecule has 3 N–H and O–H groups in total. The van der Waals surface area contributed by atoms with Crippen LogP contribution < -0.4 is 20.5 Å². The van der Waals surface area contributed by atoms with Crippen molar-refractivity contribution in [1.82, 2.24) is 0 Å². The summed E-state index contributed by atoms with van der Waals surface area (Å²) in [6.07, 6.45) is 0.685. The molecule has 1 aromatic rings. The molecule has 6 heteroatoms. The molecule has 1 atom stereocenters. The number of carbonyl (C=O) groups excluding carboxylic acids is 1. The maximum absolute atomic E-state index is 12.0. The number of rotatable bonds is 4. The van der Waals surface area contributed by atoms with E-state index >= 15 is 0 Å². The predicted molar refractivity (Wildman–Crippen MR) is 73.9 cm³/mol. The fraction of sp³-hybridized carbons (Fsp3) is 0.462. The molecule has 0 radical (unpaired) electrons. The van der Waals surface area contributed by atoms with Gasteiger partial charge < -0.3 is 20.5 Å².